The Hall–Kier alpha value is -2.41. The number of hydrogen-bond acceptors (Lipinski definition) is 4. The molecule has 2 heterocycles. The van der Waals surface area contributed by atoms with Gasteiger partial charge in [-0.1, -0.05) is 0 Å². The molecule has 1 aromatic carbocycles. The molecule has 1 saturated carbocycles. The normalized spacial score (nSPS) is 18.4. The molecular formula is C20H24FN3O3. The van der Waals surface area contributed by atoms with Crippen molar-refractivity contribution in [2.75, 3.05) is 31.1 Å². The molecular weight excluding hydrogens is 349 g/mol. The zero-order valence-electron chi connectivity index (χ0n) is 15.6. The average Bonchev–Trinajstić information content (AvgIpc) is 3.47. The van der Waals surface area contributed by atoms with Crippen LogP contribution in [0, 0.1) is 5.82 Å². The van der Waals surface area contributed by atoms with Crippen molar-refractivity contribution in [2.24, 2.45) is 0 Å². The van der Waals surface area contributed by atoms with Crippen LogP contribution in [-0.2, 0) is 0 Å². The summed E-state index contributed by atoms with van der Waals surface area (Å²) in [5, 5.41) is 9.47. The van der Waals surface area contributed by atoms with Gasteiger partial charge in [0.05, 0.1) is 11.2 Å². The van der Waals surface area contributed by atoms with Crippen LogP contribution in [0.25, 0.3) is 10.9 Å². The predicted molar refractivity (Wildman–Crippen MR) is 102 cm³/mol. The van der Waals surface area contributed by atoms with Crippen LogP contribution in [0.3, 0.4) is 0 Å². The van der Waals surface area contributed by atoms with Crippen molar-refractivity contribution in [3.63, 3.8) is 0 Å². The summed E-state index contributed by atoms with van der Waals surface area (Å²) in [5.41, 5.74) is 0.189. The summed E-state index contributed by atoms with van der Waals surface area (Å²) >= 11 is 0. The number of anilines is 1. The van der Waals surface area contributed by atoms with Gasteiger partial charge in [-0.05, 0) is 38.8 Å². The highest BCUT2D eigenvalue weighted by Crippen LogP contribution is 2.38. The van der Waals surface area contributed by atoms with E-state index in [1.165, 1.54) is 12.3 Å². The Balaban J connectivity index is 1.79. The molecule has 0 amide bonds. The number of piperazine rings is 1. The fourth-order valence-electron chi connectivity index (χ4n) is 3.89. The summed E-state index contributed by atoms with van der Waals surface area (Å²) in [6.07, 6.45) is 3.30. The lowest BCUT2D eigenvalue weighted by atomic mass is 10.1. The number of pyridine rings is 1. The molecule has 1 aliphatic heterocycles. The van der Waals surface area contributed by atoms with Gasteiger partial charge in [-0.25, -0.2) is 9.18 Å². The van der Waals surface area contributed by atoms with Gasteiger partial charge >= 0.3 is 5.97 Å². The molecule has 6 nitrogen and oxygen atoms in total. The lowest BCUT2D eigenvalue weighted by molar-refractivity contribution is 0.0695. The zero-order valence-corrected chi connectivity index (χ0v) is 15.6. The number of carboxylic acids is 1. The molecule has 1 aliphatic carbocycles. The third-order valence-electron chi connectivity index (χ3n) is 5.66. The fraction of sp³-hybridized carbons (Fsp3) is 0.500. The van der Waals surface area contributed by atoms with Gasteiger partial charge in [-0.3, -0.25) is 9.69 Å². The van der Waals surface area contributed by atoms with Crippen LogP contribution in [0.2, 0.25) is 0 Å². The number of rotatable bonds is 4. The molecule has 2 fully saturated rings. The molecule has 7 heteroatoms. The molecule has 2 aliphatic rings. The number of aromatic nitrogens is 1. The monoisotopic (exact) mass is 373 g/mol. The van der Waals surface area contributed by atoms with Gasteiger partial charge in [0.2, 0.25) is 5.43 Å². The first-order valence-electron chi connectivity index (χ1n) is 9.47. The van der Waals surface area contributed by atoms with Crippen LogP contribution >= 0.6 is 0 Å². The fourth-order valence-corrected chi connectivity index (χ4v) is 3.89. The predicted octanol–water partition coefficient (Wildman–Crippen LogP) is 2.70. The maximum absolute atomic E-state index is 14.9. The number of carbonyl (C=O) groups is 1. The van der Waals surface area contributed by atoms with Crippen molar-refractivity contribution in [2.45, 2.75) is 38.8 Å². The Morgan fingerprint density at radius 3 is 2.41 bits per heavy atom. The second-order valence-electron chi connectivity index (χ2n) is 7.75. The Morgan fingerprint density at radius 2 is 1.85 bits per heavy atom. The van der Waals surface area contributed by atoms with E-state index in [9.17, 15) is 19.1 Å². The molecule has 0 atom stereocenters. The van der Waals surface area contributed by atoms with Crippen LogP contribution < -0.4 is 10.3 Å². The molecule has 1 aromatic heterocycles. The molecule has 2 aromatic rings. The third-order valence-corrected chi connectivity index (χ3v) is 5.66. The highest BCUT2D eigenvalue weighted by Gasteiger charge is 2.28. The first-order chi connectivity index (χ1) is 12.9. The molecule has 1 N–H and O–H groups in total. The van der Waals surface area contributed by atoms with Gasteiger partial charge in [0.15, 0.2) is 0 Å². The Kier molecular flexibility index (Phi) is 4.42. The van der Waals surface area contributed by atoms with E-state index in [1.807, 2.05) is 9.47 Å². The minimum absolute atomic E-state index is 0.142. The number of halogens is 1. The first-order valence-corrected chi connectivity index (χ1v) is 9.47. The van der Waals surface area contributed by atoms with Crippen molar-refractivity contribution in [1.29, 1.82) is 0 Å². The number of nitrogens with zero attached hydrogens (tertiary/aromatic N) is 3. The van der Waals surface area contributed by atoms with E-state index in [0.717, 1.165) is 39.0 Å². The largest absolute Gasteiger partial charge is 0.477 e. The van der Waals surface area contributed by atoms with Gasteiger partial charge in [-0.15, -0.1) is 0 Å². The van der Waals surface area contributed by atoms with E-state index in [2.05, 4.69) is 18.7 Å². The van der Waals surface area contributed by atoms with Crippen molar-refractivity contribution in [1.82, 2.24) is 9.47 Å². The van der Waals surface area contributed by atoms with Crippen molar-refractivity contribution < 1.29 is 14.3 Å². The van der Waals surface area contributed by atoms with Crippen LogP contribution in [0.5, 0.6) is 0 Å². The average molecular weight is 373 g/mol. The molecule has 0 radical (unpaired) electrons. The summed E-state index contributed by atoms with van der Waals surface area (Å²) in [6, 6.07) is 3.58. The van der Waals surface area contributed by atoms with Gasteiger partial charge in [0.1, 0.15) is 11.4 Å². The zero-order chi connectivity index (χ0) is 19.3. The van der Waals surface area contributed by atoms with Gasteiger partial charge in [0.25, 0.3) is 0 Å². The molecule has 0 spiro atoms. The van der Waals surface area contributed by atoms with Gasteiger partial charge < -0.3 is 14.6 Å². The van der Waals surface area contributed by atoms with Crippen molar-refractivity contribution >= 4 is 22.6 Å². The smallest absolute Gasteiger partial charge is 0.341 e. The van der Waals surface area contributed by atoms with Crippen LogP contribution in [0.15, 0.2) is 23.1 Å². The Morgan fingerprint density at radius 1 is 1.19 bits per heavy atom. The maximum atomic E-state index is 14.9. The van der Waals surface area contributed by atoms with E-state index in [0.29, 0.717) is 17.2 Å². The summed E-state index contributed by atoms with van der Waals surface area (Å²) in [5.74, 6) is -1.74. The molecule has 1 saturated heterocycles. The van der Waals surface area contributed by atoms with Crippen LogP contribution in [-0.4, -0.2) is 52.8 Å². The molecule has 144 valence electrons. The second kappa shape index (κ2) is 6.64. The number of fused-ring (bicyclic) bond motifs is 1. The molecule has 4 rings (SSSR count). The highest BCUT2D eigenvalue weighted by molar-refractivity contribution is 5.93. The molecule has 27 heavy (non-hydrogen) atoms. The quantitative estimate of drug-likeness (QED) is 0.893. The highest BCUT2D eigenvalue weighted by atomic mass is 19.1. The van der Waals surface area contributed by atoms with Crippen molar-refractivity contribution in [3.05, 3.63) is 39.9 Å². The van der Waals surface area contributed by atoms with E-state index in [-0.39, 0.29) is 17.0 Å². The van der Waals surface area contributed by atoms with E-state index < -0.39 is 17.2 Å². The summed E-state index contributed by atoms with van der Waals surface area (Å²) in [7, 11) is 0. The number of aromatic carboxylic acids is 1. The van der Waals surface area contributed by atoms with Crippen LogP contribution in [0.1, 0.15) is 43.1 Å². The van der Waals surface area contributed by atoms with E-state index in [1.54, 1.807) is 6.07 Å². The minimum atomic E-state index is -1.27. The maximum Gasteiger partial charge on any atom is 0.341 e. The standard InChI is InChI=1S/C20H24FN3O3/c1-12(2)22-5-7-23(8-6-22)18-10-17-14(9-16(18)21)19(25)15(20(26)27)11-24(17)13-3-4-13/h9-13H,3-8H2,1-2H3,(H,26,27). The SMILES string of the molecule is CC(C)N1CCN(c2cc3c(cc2F)c(=O)c(C(=O)O)cn3C2CC2)CC1. The summed E-state index contributed by atoms with van der Waals surface area (Å²) in [6.45, 7) is 7.48. The third kappa shape index (κ3) is 3.20. The summed E-state index contributed by atoms with van der Waals surface area (Å²) in [4.78, 5) is 28.3. The first kappa shape index (κ1) is 18.0. The van der Waals surface area contributed by atoms with Gasteiger partial charge in [0, 0.05) is 49.8 Å². The Labute approximate surface area is 156 Å². The lowest BCUT2D eigenvalue weighted by Gasteiger charge is -2.38. The Bertz CT molecular complexity index is 957. The van der Waals surface area contributed by atoms with E-state index in [4.69, 9.17) is 0 Å². The summed E-state index contributed by atoms with van der Waals surface area (Å²) < 4.78 is 16.7. The van der Waals surface area contributed by atoms with Gasteiger partial charge in [-0.2, -0.15) is 0 Å². The van der Waals surface area contributed by atoms with Crippen molar-refractivity contribution in [3.8, 4) is 0 Å². The van der Waals surface area contributed by atoms with Crippen LogP contribution in [0.4, 0.5) is 10.1 Å². The topological polar surface area (TPSA) is 65.8 Å². The molecule has 0 bridgehead atoms. The lowest BCUT2D eigenvalue weighted by Crippen LogP contribution is -2.49. The van der Waals surface area contributed by atoms with E-state index >= 15 is 0 Å². The number of benzene rings is 1. The number of hydrogen-bond donors (Lipinski definition) is 1. The minimum Gasteiger partial charge on any atom is -0.477 e. The molecule has 0 unspecified atom stereocenters. The number of carboxylic acid groups (broad SMARTS) is 1. The second-order valence-corrected chi connectivity index (χ2v) is 7.75.